The quantitative estimate of drug-likeness (QED) is 0.419. The van der Waals surface area contributed by atoms with Crippen LogP contribution in [0.4, 0.5) is 0 Å². The first-order chi connectivity index (χ1) is 6.24. The van der Waals surface area contributed by atoms with Crippen molar-refractivity contribution in [1.82, 2.24) is 5.32 Å². The van der Waals surface area contributed by atoms with Crippen molar-refractivity contribution in [3.05, 3.63) is 35.9 Å². The Kier molecular flexibility index (Phi) is 3.46. The van der Waals surface area contributed by atoms with Crippen LogP contribution in [-0.2, 0) is 4.79 Å². The highest BCUT2D eigenvalue weighted by Gasteiger charge is 2.03. The third-order valence-electron chi connectivity index (χ3n) is 1.45. The van der Waals surface area contributed by atoms with Crippen LogP contribution in [-0.4, -0.2) is 17.6 Å². The topological polar surface area (TPSA) is 53.0 Å². The summed E-state index contributed by atoms with van der Waals surface area (Å²) in [6.45, 7) is 0. The minimum atomic E-state index is -0.365. The monoisotopic (exact) mass is 196 g/mol. The van der Waals surface area contributed by atoms with Gasteiger partial charge in [0.2, 0.25) is 5.91 Å². The number of nitrogens with one attached hydrogen (secondary N) is 2. The molecule has 0 aliphatic heterocycles. The van der Waals surface area contributed by atoms with E-state index >= 15 is 0 Å². The summed E-state index contributed by atoms with van der Waals surface area (Å²) in [7, 11) is 0. The van der Waals surface area contributed by atoms with Crippen LogP contribution in [0.15, 0.2) is 30.3 Å². The number of hydrogen-bond donors (Lipinski definition) is 2. The molecule has 0 unspecified atom stereocenters. The minimum Gasteiger partial charge on any atom is -0.310 e. The maximum absolute atomic E-state index is 10.8. The van der Waals surface area contributed by atoms with Crippen molar-refractivity contribution >= 4 is 23.3 Å². The lowest BCUT2D eigenvalue weighted by molar-refractivity contribution is -0.117. The summed E-state index contributed by atoms with van der Waals surface area (Å²) in [4.78, 5) is 10.8. The molecule has 1 aromatic carbocycles. The number of carbonyl (C=O) groups is 1. The van der Waals surface area contributed by atoms with Crippen molar-refractivity contribution in [1.29, 1.82) is 5.41 Å². The van der Waals surface area contributed by atoms with Crippen molar-refractivity contribution in [2.45, 2.75) is 0 Å². The van der Waals surface area contributed by atoms with E-state index in [1.54, 1.807) is 24.3 Å². The molecule has 3 nitrogen and oxygen atoms in total. The van der Waals surface area contributed by atoms with Gasteiger partial charge in [0, 0.05) is 5.56 Å². The fourth-order valence-corrected chi connectivity index (χ4v) is 0.917. The van der Waals surface area contributed by atoms with Crippen LogP contribution >= 0.6 is 11.6 Å². The van der Waals surface area contributed by atoms with Gasteiger partial charge in [-0.1, -0.05) is 30.3 Å². The Hall–Kier alpha value is -1.35. The molecule has 0 saturated carbocycles. The largest absolute Gasteiger partial charge is 0.310 e. The highest BCUT2D eigenvalue weighted by Crippen LogP contribution is 1.97. The van der Waals surface area contributed by atoms with Gasteiger partial charge < -0.3 is 5.32 Å². The summed E-state index contributed by atoms with van der Waals surface area (Å²) in [6, 6.07) is 8.95. The molecule has 0 fully saturated rings. The van der Waals surface area contributed by atoms with E-state index in [1.807, 2.05) is 6.07 Å². The lowest BCUT2D eigenvalue weighted by Crippen LogP contribution is -2.31. The molecule has 2 N–H and O–H groups in total. The zero-order valence-electron chi connectivity index (χ0n) is 6.88. The van der Waals surface area contributed by atoms with Crippen molar-refractivity contribution < 1.29 is 4.79 Å². The van der Waals surface area contributed by atoms with E-state index < -0.39 is 0 Å². The van der Waals surface area contributed by atoms with Gasteiger partial charge in [-0.3, -0.25) is 10.2 Å². The van der Waals surface area contributed by atoms with Crippen LogP contribution in [0.5, 0.6) is 0 Å². The van der Waals surface area contributed by atoms with Gasteiger partial charge >= 0.3 is 0 Å². The van der Waals surface area contributed by atoms with Gasteiger partial charge in [0.1, 0.15) is 11.7 Å². The number of carbonyl (C=O) groups excluding carboxylic acids is 1. The van der Waals surface area contributed by atoms with E-state index in [-0.39, 0.29) is 17.6 Å². The van der Waals surface area contributed by atoms with Crippen LogP contribution in [0.1, 0.15) is 5.56 Å². The SMILES string of the molecule is N=C(NC(=O)CCl)c1ccccc1. The Bertz CT molecular complexity index is 311. The van der Waals surface area contributed by atoms with E-state index in [0.717, 1.165) is 0 Å². The highest BCUT2D eigenvalue weighted by molar-refractivity contribution is 6.29. The van der Waals surface area contributed by atoms with E-state index in [9.17, 15) is 4.79 Å². The van der Waals surface area contributed by atoms with Gasteiger partial charge in [0.15, 0.2) is 0 Å². The number of alkyl halides is 1. The summed E-state index contributed by atoms with van der Waals surface area (Å²) < 4.78 is 0. The second-order valence-electron chi connectivity index (χ2n) is 2.42. The molecule has 0 radical (unpaired) electrons. The van der Waals surface area contributed by atoms with Crippen molar-refractivity contribution in [2.24, 2.45) is 0 Å². The zero-order valence-corrected chi connectivity index (χ0v) is 7.64. The molecule has 1 rings (SSSR count). The summed E-state index contributed by atoms with van der Waals surface area (Å²) >= 11 is 5.27. The van der Waals surface area contributed by atoms with Crippen LogP contribution in [0.2, 0.25) is 0 Å². The Morgan fingerprint density at radius 2 is 2.00 bits per heavy atom. The summed E-state index contributed by atoms with van der Waals surface area (Å²) in [5.74, 6) is -0.420. The van der Waals surface area contributed by atoms with Gasteiger partial charge in [-0.25, -0.2) is 0 Å². The molecule has 68 valence electrons. The van der Waals surface area contributed by atoms with Gasteiger partial charge in [-0.15, -0.1) is 11.6 Å². The maximum atomic E-state index is 10.8. The number of halogens is 1. The molecule has 0 aliphatic carbocycles. The van der Waals surface area contributed by atoms with Crippen molar-refractivity contribution in [3.63, 3.8) is 0 Å². The van der Waals surface area contributed by atoms with Crippen LogP contribution in [0.25, 0.3) is 0 Å². The Balaban J connectivity index is 2.65. The molecule has 0 aromatic heterocycles. The predicted octanol–water partition coefficient (Wildman–Crippen LogP) is 1.37. The standard InChI is InChI=1S/C9H9ClN2O/c10-6-8(13)12-9(11)7-4-2-1-3-5-7/h1-5H,6H2,(H2,11,12,13). The van der Waals surface area contributed by atoms with E-state index in [1.165, 1.54) is 0 Å². The zero-order chi connectivity index (χ0) is 9.68. The maximum Gasteiger partial charge on any atom is 0.240 e. The first-order valence-corrected chi connectivity index (χ1v) is 4.27. The molecule has 13 heavy (non-hydrogen) atoms. The van der Waals surface area contributed by atoms with Crippen molar-refractivity contribution in [2.75, 3.05) is 5.88 Å². The van der Waals surface area contributed by atoms with Crippen LogP contribution in [0, 0.1) is 5.41 Å². The molecule has 0 bridgehead atoms. The molecule has 0 atom stereocenters. The third kappa shape index (κ3) is 2.87. The lowest BCUT2D eigenvalue weighted by atomic mass is 10.2. The lowest BCUT2D eigenvalue weighted by Gasteiger charge is -2.03. The molecule has 1 aromatic rings. The van der Waals surface area contributed by atoms with Crippen molar-refractivity contribution in [3.8, 4) is 0 Å². The number of rotatable bonds is 2. The molecular formula is C9H9ClN2O. The molecule has 0 heterocycles. The number of amides is 1. The summed E-state index contributed by atoms with van der Waals surface area (Å²) in [5, 5.41) is 9.83. The summed E-state index contributed by atoms with van der Waals surface area (Å²) in [6.07, 6.45) is 0. The molecule has 1 amide bonds. The molecule has 0 spiro atoms. The average Bonchev–Trinajstić information content (AvgIpc) is 2.19. The second-order valence-corrected chi connectivity index (χ2v) is 2.69. The van der Waals surface area contributed by atoms with Crippen LogP contribution < -0.4 is 5.32 Å². The number of benzene rings is 1. The van der Waals surface area contributed by atoms with Gasteiger partial charge in [-0.2, -0.15) is 0 Å². The fraction of sp³-hybridized carbons (Fsp3) is 0.111. The predicted molar refractivity (Wildman–Crippen MR) is 52.1 cm³/mol. The smallest absolute Gasteiger partial charge is 0.240 e. The van der Waals surface area contributed by atoms with Gasteiger partial charge in [0.25, 0.3) is 0 Å². The minimum absolute atomic E-state index is 0.0752. The van der Waals surface area contributed by atoms with E-state index in [0.29, 0.717) is 5.56 Å². The first-order valence-electron chi connectivity index (χ1n) is 3.74. The fourth-order valence-electron chi connectivity index (χ4n) is 0.850. The van der Waals surface area contributed by atoms with E-state index in [4.69, 9.17) is 17.0 Å². The highest BCUT2D eigenvalue weighted by atomic mass is 35.5. The Labute approximate surface area is 81.2 Å². The number of hydrogen-bond acceptors (Lipinski definition) is 2. The molecular weight excluding hydrogens is 188 g/mol. The second kappa shape index (κ2) is 4.62. The average molecular weight is 197 g/mol. The summed E-state index contributed by atoms with van der Waals surface area (Å²) in [5.41, 5.74) is 0.668. The number of amidine groups is 1. The Morgan fingerprint density at radius 3 is 2.54 bits per heavy atom. The normalized spacial score (nSPS) is 9.31. The molecule has 4 heteroatoms. The third-order valence-corrected chi connectivity index (χ3v) is 1.69. The Morgan fingerprint density at radius 1 is 1.38 bits per heavy atom. The first kappa shape index (κ1) is 9.74. The molecule has 0 saturated heterocycles. The molecule has 0 aliphatic rings. The van der Waals surface area contributed by atoms with E-state index in [2.05, 4.69) is 5.32 Å². The van der Waals surface area contributed by atoms with Crippen LogP contribution in [0.3, 0.4) is 0 Å². The van der Waals surface area contributed by atoms with Gasteiger partial charge in [-0.05, 0) is 0 Å². The van der Waals surface area contributed by atoms with Gasteiger partial charge in [0.05, 0.1) is 0 Å².